The van der Waals surface area contributed by atoms with Crippen LogP contribution >= 0.6 is 0 Å². The molecule has 0 N–H and O–H groups in total. The highest BCUT2D eigenvalue weighted by Crippen LogP contribution is 2.53. The first-order chi connectivity index (χ1) is 13.2. The Morgan fingerprint density at radius 1 is 0.862 bits per heavy atom. The van der Waals surface area contributed by atoms with Crippen molar-refractivity contribution >= 4 is 5.57 Å². The highest BCUT2D eigenvalue weighted by Gasteiger charge is 2.83. The molecule has 1 saturated heterocycles. The van der Waals surface area contributed by atoms with Gasteiger partial charge in [-0.1, -0.05) is 18.2 Å². The van der Waals surface area contributed by atoms with E-state index in [-0.39, 0.29) is 6.04 Å². The first kappa shape index (κ1) is 21.8. The summed E-state index contributed by atoms with van der Waals surface area (Å²) >= 11 is 0. The molecule has 1 fully saturated rings. The Bertz CT molecular complexity index is 786. The Labute approximate surface area is 159 Å². The van der Waals surface area contributed by atoms with Crippen LogP contribution < -0.4 is 4.74 Å². The summed E-state index contributed by atoms with van der Waals surface area (Å²) < 4.78 is 119. The molecule has 29 heavy (non-hydrogen) atoms. The average Bonchev–Trinajstić information content (AvgIpc) is 2.81. The molecule has 0 saturated carbocycles. The van der Waals surface area contributed by atoms with Crippen molar-refractivity contribution in [1.82, 2.24) is 4.90 Å². The highest BCUT2D eigenvalue weighted by atomic mass is 19.4. The molecule has 2 atom stereocenters. The molecule has 2 heterocycles. The fraction of sp³-hybridized carbons (Fsp3) is 0.556. The topological polar surface area (TPSA) is 12.5 Å². The SMILES string of the molecule is CN1C2C=C(c3ccc(OC(F)(F)C(F)(F)C(F)(F)C(F)(F)F)cc3)CC1CC2. The lowest BCUT2D eigenvalue weighted by Gasteiger charge is -2.33. The van der Waals surface area contributed by atoms with Crippen LogP contribution in [0.25, 0.3) is 5.57 Å². The van der Waals surface area contributed by atoms with Gasteiger partial charge in [-0.05, 0) is 49.6 Å². The molecule has 2 aliphatic rings. The smallest absolute Gasteiger partial charge is 0.428 e. The molecule has 1 aromatic rings. The Morgan fingerprint density at radius 2 is 1.45 bits per heavy atom. The fourth-order valence-corrected chi connectivity index (χ4v) is 3.57. The van der Waals surface area contributed by atoms with Gasteiger partial charge in [0, 0.05) is 12.1 Å². The van der Waals surface area contributed by atoms with E-state index < -0.39 is 29.9 Å². The number of nitrogens with zero attached hydrogens (tertiary/aromatic N) is 1. The molecular weight excluding hydrogens is 417 g/mol. The quantitative estimate of drug-likeness (QED) is 0.549. The van der Waals surface area contributed by atoms with Crippen molar-refractivity contribution in [1.29, 1.82) is 0 Å². The van der Waals surface area contributed by atoms with Crippen molar-refractivity contribution in [3.63, 3.8) is 0 Å². The van der Waals surface area contributed by atoms with Crippen LogP contribution in [0.5, 0.6) is 5.75 Å². The lowest BCUT2D eigenvalue weighted by Crippen LogP contribution is -2.62. The summed E-state index contributed by atoms with van der Waals surface area (Å²) in [4.78, 5) is 2.20. The summed E-state index contributed by atoms with van der Waals surface area (Å²) in [5, 5.41) is 0. The number of rotatable bonds is 5. The molecule has 0 spiro atoms. The number of alkyl halides is 9. The lowest BCUT2D eigenvalue weighted by atomic mass is 9.95. The van der Waals surface area contributed by atoms with Gasteiger partial charge in [-0.2, -0.15) is 39.5 Å². The summed E-state index contributed by atoms with van der Waals surface area (Å²) in [7, 11) is 1.98. The summed E-state index contributed by atoms with van der Waals surface area (Å²) in [6.45, 7) is 0. The number of hydrogen-bond donors (Lipinski definition) is 0. The molecule has 0 aromatic heterocycles. The minimum atomic E-state index is -6.98. The van der Waals surface area contributed by atoms with Crippen molar-refractivity contribution in [2.75, 3.05) is 7.05 Å². The normalized spacial score (nSPS) is 23.9. The zero-order valence-electron chi connectivity index (χ0n) is 14.9. The van der Waals surface area contributed by atoms with Crippen molar-refractivity contribution < 1.29 is 44.3 Å². The molecule has 2 aliphatic heterocycles. The van der Waals surface area contributed by atoms with Crippen LogP contribution in [0.4, 0.5) is 39.5 Å². The van der Waals surface area contributed by atoms with E-state index in [4.69, 9.17) is 0 Å². The van der Waals surface area contributed by atoms with Crippen LogP contribution in [-0.4, -0.2) is 48.2 Å². The average molecular weight is 433 g/mol. The molecule has 2 nitrogen and oxygen atoms in total. The van der Waals surface area contributed by atoms with Gasteiger partial charge < -0.3 is 4.74 Å². The monoisotopic (exact) mass is 433 g/mol. The van der Waals surface area contributed by atoms with Gasteiger partial charge in [-0.3, -0.25) is 4.90 Å². The van der Waals surface area contributed by atoms with Crippen LogP contribution in [0.3, 0.4) is 0 Å². The van der Waals surface area contributed by atoms with Gasteiger partial charge in [-0.25, -0.2) is 0 Å². The maximum atomic E-state index is 13.6. The third-order valence-corrected chi connectivity index (χ3v) is 5.33. The Hall–Kier alpha value is -1.91. The molecule has 2 bridgehead atoms. The van der Waals surface area contributed by atoms with Crippen LogP contribution in [0.15, 0.2) is 30.3 Å². The molecule has 1 aromatic carbocycles. The predicted molar refractivity (Wildman–Crippen MR) is 85.1 cm³/mol. The Kier molecular flexibility index (Phi) is 5.12. The first-order valence-corrected chi connectivity index (χ1v) is 8.59. The van der Waals surface area contributed by atoms with E-state index >= 15 is 0 Å². The van der Waals surface area contributed by atoms with Gasteiger partial charge in [-0.15, -0.1) is 0 Å². The number of ether oxygens (including phenoxy) is 1. The van der Waals surface area contributed by atoms with Crippen molar-refractivity contribution in [2.45, 2.75) is 55.5 Å². The van der Waals surface area contributed by atoms with Gasteiger partial charge in [0.15, 0.2) is 0 Å². The number of likely N-dealkylation sites (N-methyl/N-ethyl adjacent to an activating group) is 1. The molecule has 0 radical (unpaired) electrons. The zero-order valence-corrected chi connectivity index (χ0v) is 14.9. The standard InChI is InChI=1S/C18H16F9NO/c1-28-12-4-5-13(28)9-11(8-12)10-2-6-14(7-3-10)29-18(26,27)16(21,22)15(19,20)17(23,24)25/h2-3,6-8,12-13H,4-5,9H2,1H3. The van der Waals surface area contributed by atoms with Gasteiger partial charge in [0.05, 0.1) is 0 Å². The predicted octanol–water partition coefficient (Wildman–Crippen LogP) is 5.74. The van der Waals surface area contributed by atoms with E-state index in [1.807, 2.05) is 13.1 Å². The molecule has 2 unspecified atom stereocenters. The number of benzene rings is 1. The minimum absolute atomic E-state index is 0.215. The summed E-state index contributed by atoms with van der Waals surface area (Å²) in [6.07, 6.45) is -8.37. The van der Waals surface area contributed by atoms with Gasteiger partial charge in [0.25, 0.3) is 0 Å². The lowest BCUT2D eigenvalue weighted by molar-refractivity contribution is -0.428. The molecule has 0 aliphatic carbocycles. The van der Waals surface area contributed by atoms with E-state index in [0.29, 0.717) is 18.0 Å². The number of halogens is 9. The van der Waals surface area contributed by atoms with Crippen LogP contribution in [0.2, 0.25) is 0 Å². The Balaban J connectivity index is 1.78. The van der Waals surface area contributed by atoms with Gasteiger partial charge in [0.1, 0.15) is 5.75 Å². The summed E-state index contributed by atoms with van der Waals surface area (Å²) in [6, 6.07) is 4.71. The minimum Gasteiger partial charge on any atom is -0.428 e. The second-order valence-corrected chi connectivity index (χ2v) is 7.15. The Morgan fingerprint density at radius 3 is 1.97 bits per heavy atom. The second kappa shape index (κ2) is 6.82. The zero-order chi connectivity index (χ0) is 21.8. The van der Waals surface area contributed by atoms with Gasteiger partial charge >= 0.3 is 24.1 Å². The van der Waals surface area contributed by atoms with E-state index in [1.165, 1.54) is 12.1 Å². The van der Waals surface area contributed by atoms with E-state index in [9.17, 15) is 39.5 Å². The van der Waals surface area contributed by atoms with Crippen molar-refractivity contribution in [3.05, 3.63) is 35.9 Å². The van der Waals surface area contributed by atoms with Crippen molar-refractivity contribution in [3.8, 4) is 5.75 Å². The highest BCUT2D eigenvalue weighted by molar-refractivity contribution is 5.68. The van der Waals surface area contributed by atoms with Gasteiger partial charge in [0.2, 0.25) is 0 Å². The third-order valence-electron chi connectivity index (χ3n) is 5.33. The largest absolute Gasteiger partial charge is 0.471 e. The number of fused-ring (bicyclic) bond motifs is 2. The third kappa shape index (κ3) is 3.57. The number of hydrogen-bond acceptors (Lipinski definition) is 2. The maximum Gasteiger partial charge on any atom is 0.471 e. The summed E-state index contributed by atoms with van der Waals surface area (Å²) in [5.74, 6) is -14.8. The fourth-order valence-electron chi connectivity index (χ4n) is 3.57. The van der Waals surface area contributed by atoms with Crippen LogP contribution in [0, 0.1) is 0 Å². The molecule has 162 valence electrons. The van der Waals surface area contributed by atoms with E-state index in [1.54, 1.807) is 0 Å². The van der Waals surface area contributed by atoms with Crippen LogP contribution in [0.1, 0.15) is 24.8 Å². The first-order valence-electron chi connectivity index (χ1n) is 8.59. The van der Waals surface area contributed by atoms with Crippen molar-refractivity contribution in [2.24, 2.45) is 0 Å². The van der Waals surface area contributed by atoms with E-state index in [0.717, 1.165) is 30.5 Å². The maximum absolute atomic E-state index is 13.6. The summed E-state index contributed by atoms with van der Waals surface area (Å²) in [5.41, 5.74) is 1.50. The molecule has 3 rings (SSSR count). The van der Waals surface area contributed by atoms with E-state index in [2.05, 4.69) is 9.64 Å². The second-order valence-electron chi connectivity index (χ2n) is 7.15. The van der Waals surface area contributed by atoms with Crippen LogP contribution in [-0.2, 0) is 0 Å². The molecule has 0 amide bonds. The molecular formula is C18H16F9NO. The molecule has 11 heteroatoms.